The Hall–Kier alpha value is -3.25. The number of rotatable bonds is 4. The highest BCUT2D eigenvalue weighted by atomic mass is 32.1. The molecule has 1 aliphatic heterocycles. The summed E-state index contributed by atoms with van der Waals surface area (Å²) in [7, 11) is 3.77. The van der Waals surface area contributed by atoms with Crippen molar-refractivity contribution >= 4 is 34.4 Å². The molecule has 1 fully saturated rings. The van der Waals surface area contributed by atoms with Gasteiger partial charge in [0.2, 0.25) is 0 Å². The minimum absolute atomic E-state index is 0.202. The van der Waals surface area contributed by atoms with Crippen LogP contribution in [0.4, 0.5) is 0 Å². The van der Waals surface area contributed by atoms with Crippen molar-refractivity contribution in [3.8, 4) is 27.7 Å². The largest absolute Gasteiger partial charge is 0.504 e. The van der Waals surface area contributed by atoms with Crippen molar-refractivity contribution in [3.05, 3.63) is 58.9 Å². The molecule has 186 valence electrons. The number of phenols is 1. The maximum Gasteiger partial charge on any atom is 0.164 e. The van der Waals surface area contributed by atoms with Crippen LogP contribution in [-0.2, 0) is 13.5 Å². The lowest BCUT2D eigenvalue weighted by Crippen LogP contribution is -2.45. The summed E-state index contributed by atoms with van der Waals surface area (Å²) in [5.74, 6) is 2.23. The molecule has 0 spiro atoms. The van der Waals surface area contributed by atoms with Gasteiger partial charge in [0.25, 0.3) is 0 Å². The molecule has 1 unspecified atom stereocenters. The zero-order chi connectivity index (χ0) is 25.0. The van der Waals surface area contributed by atoms with Crippen molar-refractivity contribution in [2.45, 2.75) is 45.6 Å². The Morgan fingerprint density at radius 1 is 1.19 bits per heavy atom. The van der Waals surface area contributed by atoms with Gasteiger partial charge in [-0.25, -0.2) is 0 Å². The summed E-state index contributed by atoms with van der Waals surface area (Å²) >= 11 is 1.63. The Bertz CT molecular complexity index is 1470. The second-order valence-electron chi connectivity index (χ2n) is 10.8. The van der Waals surface area contributed by atoms with E-state index in [9.17, 15) is 5.11 Å². The highest BCUT2D eigenvalue weighted by Gasteiger charge is 2.43. The fourth-order valence-corrected chi connectivity index (χ4v) is 6.79. The number of aryl methyl sites for hydroxylation is 1. The topological polar surface area (TPSA) is 56.5 Å². The summed E-state index contributed by atoms with van der Waals surface area (Å²) in [4.78, 5) is 5.37. The van der Waals surface area contributed by atoms with E-state index in [4.69, 9.17) is 9.47 Å². The number of ether oxygens (including phenoxy) is 2. The van der Waals surface area contributed by atoms with E-state index < -0.39 is 0 Å². The van der Waals surface area contributed by atoms with Crippen molar-refractivity contribution in [2.75, 3.05) is 7.11 Å². The molecule has 4 aromatic rings. The van der Waals surface area contributed by atoms with Gasteiger partial charge in [-0.3, -0.25) is 4.98 Å². The minimum Gasteiger partial charge on any atom is -0.504 e. The highest BCUT2D eigenvalue weighted by molar-refractivity contribution is 7.13. The average molecular weight is 501 g/mol. The molecule has 3 heterocycles. The van der Waals surface area contributed by atoms with Gasteiger partial charge in [-0.15, -0.1) is 11.3 Å². The van der Waals surface area contributed by atoms with Crippen molar-refractivity contribution < 1.29 is 14.6 Å². The quantitative estimate of drug-likeness (QED) is 0.298. The monoisotopic (exact) mass is 500 g/mol. The number of hydrogen-bond acceptors (Lipinski definition) is 5. The molecule has 5 nitrogen and oxygen atoms in total. The van der Waals surface area contributed by atoms with Crippen LogP contribution in [0.3, 0.4) is 0 Å². The van der Waals surface area contributed by atoms with E-state index in [-0.39, 0.29) is 17.3 Å². The number of thiazole rings is 1. The van der Waals surface area contributed by atoms with Gasteiger partial charge in [-0.2, -0.15) is 0 Å². The van der Waals surface area contributed by atoms with Gasteiger partial charge in [0.15, 0.2) is 11.5 Å². The van der Waals surface area contributed by atoms with Gasteiger partial charge < -0.3 is 19.1 Å². The van der Waals surface area contributed by atoms with Gasteiger partial charge in [-0.1, -0.05) is 26.0 Å². The molecule has 1 N–H and O–H groups in total. The molecule has 2 aromatic heterocycles. The Balaban J connectivity index is 1.35. The van der Waals surface area contributed by atoms with Crippen LogP contribution in [0.25, 0.3) is 33.5 Å². The molecule has 2 atom stereocenters. The molecule has 0 saturated heterocycles. The first-order valence-corrected chi connectivity index (χ1v) is 13.5. The first-order chi connectivity index (χ1) is 17.3. The van der Waals surface area contributed by atoms with Crippen LogP contribution in [0.15, 0.2) is 42.2 Å². The first kappa shape index (κ1) is 23.2. The van der Waals surface area contributed by atoms with Crippen LogP contribution < -0.4 is 9.47 Å². The van der Waals surface area contributed by atoms with Crippen molar-refractivity contribution in [3.63, 3.8) is 0 Å². The maximum atomic E-state index is 10.8. The van der Waals surface area contributed by atoms with E-state index >= 15 is 0 Å². The molecule has 6 heteroatoms. The lowest BCUT2D eigenvalue weighted by atomic mass is 9.64. The fraction of sp³-hybridized carbons (Fsp3) is 0.367. The highest BCUT2D eigenvalue weighted by Crippen LogP contribution is 2.50. The standard InChI is InChI=1S/C30H32N2O3S/c1-30(2)9-5-6-25-22(30)14-20-10-18(12-24(33)29(20)35-25)7-8-19-11-23-28(26(13-19)34-4)21(16-32(23)3)27-15-31-17-36-27/h7-8,10-13,15-17,22,25,33H,5-6,9,14H2,1-4H3/b8-7+/t22-,25?/m0/s1. The van der Waals surface area contributed by atoms with Gasteiger partial charge in [-0.05, 0) is 72.1 Å². The molecule has 1 aliphatic carbocycles. The zero-order valence-electron chi connectivity index (χ0n) is 21.2. The van der Waals surface area contributed by atoms with Gasteiger partial charge in [0.1, 0.15) is 11.9 Å². The van der Waals surface area contributed by atoms with E-state index in [2.05, 4.69) is 67.0 Å². The second kappa shape index (κ2) is 8.70. The van der Waals surface area contributed by atoms with Crippen molar-refractivity contribution in [1.82, 2.24) is 9.55 Å². The second-order valence-corrected chi connectivity index (χ2v) is 11.7. The average Bonchev–Trinajstić information content (AvgIpc) is 3.50. The summed E-state index contributed by atoms with van der Waals surface area (Å²) in [6, 6.07) is 8.23. The number of nitrogens with zero attached hydrogens (tertiary/aromatic N) is 2. The smallest absolute Gasteiger partial charge is 0.164 e. The van der Waals surface area contributed by atoms with E-state index in [0.29, 0.717) is 11.7 Å². The molecule has 0 radical (unpaired) electrons. The number of benzene rings is 2. The maximum absolute atomic E-state index is 10.8. The van der Waals surface area contributed by atoms with E-state index in [1.807, 2.05) is 17.8 Å². The minimum atomic E-state index is 0.202. The summed E-state index contributed by atoms with van der Waals surface area (Å²) in [6.07, 6.45) is 12.8. The lowest BCUT2D eigenvalue weighted by molar-refractivity contribution is -0.00709. The number of phenolic OH excluding ortho intramolecular Hbond substituents is 1. The van der Waals surface area contributed by atoms with Crippen LogP contribution >= 0.6 is 11.3 Å². The molecular weight excluding hydrogens is 468 g/mol. The third-order valence-electron chi connectivity index (χ3n) is 8.10. The molecule has 6 rings (SSSR count). The summed E-state index contributed by atoms with van der Waals surface area (Å²) < 4.78 is 14.3. The molecule has 2 aromatic carbocycles. The number of aromatic hydroxyl groups is 1. The Kier molecular flexibility index (Phi) is 5.60. The van der Waals surface area contributed by atoms with E-state index in [1.54, 1.807) is 18.4 Å². The van der Waals surface area contributed by atoms with Crippen LogP contribution in [0.2, 0.25) is 0 Å². The van der Waals surface area contributed by atoms with Gasteiger partial charge in [0.05, 0.1) is 28.4 Å². The zero-order valence-corrected chi connectivity index (χ0v) is 22.1. The normalized spacial score (nSPS) is 20.8. The van der Waals surface area contributed by atoms with E-state index in [0.717, 1.165) is 56.6 Å². The Morgan fingerprint density at radius 2 is 2.00 bits per heavy atom. The molecule has 2 aliphatic rings. The van der Waals surface area contributed by atoms with Gasteiger partial charge >= 0.3 is 0 Å². The Labute approximate surface area is 216 Å². The molecule has 1 saturated carbocycles. The third kappa shape index (κ3) is 3.88. The summed E-state index contributed by atoms with van der Waals surface area (Å²) in [5, 5.41) is 11.9. The van der Waals surface area contributed by atoms with Gasteiger partial charge in [0, 0.05) is 30.9 Å². The predicted molar refractivity (Wildman–Crippen MR) is 147 cm³/mol. The summed E-state index contributed by atoms with van der Waals surface area (Å²) in [5.41, 5.74) is 7.45. The Morgan fingerprint density at radius 3 is 2.75 bits per heavy atom. The fourth-order valence-electron chi connectivity index (χ4n) is 6.15. The number of hydrogen-bond donors (Lipinski definition) is 1. The molecule has 0 amide bonds. The lowest BCUT2D eigenvalue weighted by Gasteiger charge is -2.46. The SMILES string of the molecule is COc1cc(/C=C/c2cc(O)c3c(c2)C[C@H]2C(CCCC2(C)C)O3)cc2c1c(-c1cncs1)cn2C. The number of methoxy groups -OCH3 is 1. The predicted octanol–water partition coefficient (Wildman–Crippen LogP) is 7.32. The van der Waals surface area contributed by atoms with Crippen molar-refractivity contribution in [2.24, 2.45) is 18.4 Å². The molecule has 0 bridgehead atoms. The van der Waals surface area contributed by atoms with Crippen LogP contribution in [0.5, 0.6) is 17.2 Å². The third-order valence-corrected chi connectivity index (χ3v) is 8.91. The molecular formula is C30H32N2O3S. The first-order valence-electron chi connectivity index (χ1n) is 12.6. The number of fused-ring (bicyclic) bond motifs is 3. The molecule has 36 heavy (non-hydrogen) atoms. The van der Waals surface area contributed by atoms with Crippen LogP contribution in [-0.4, -0.2) is 27.9 Å². The van der Waals surface area contributed by atoms with E-state index in [1.165, 1.54) is 12.8 Å². The van der Waals surface area contributed by atoms with Crippen LogP contribution in [0, 0.1) is 11.3 Å². The summed E-state index contributed by atoms with van der Waals surface area (Å²) in [6.45, 7) is 4.71. The van der Waals surface area contributed by atoms with Crippen molar-refractivity contribution in [1.29, 1.82) is 0 Å². The van der Waals surface area contributed by atoms with Crippen LogP contribution in [0.1, 0.15) is 49.8 Å². The number of aromatic nitrogens is 2.